The Balaban J connectivity index is 0.000000861. The van der Waals surface area contributed by atoms with E-state index in [-0.39, 0.29) is 0 Å². The van der Waals surface area contributed by atoms with Crippen LogP contribution in [-0.4, -0.2) is 16.0 Å². The van der Waals surface area contributed by atoms with Gasteiger partial charge in [0, 0.05) is 11.4 Å². The largest absolute Gasteiger partial charge is 0.367 e. The van der Waals surface area contributed by atoms with Crippen LogP contribution in [0.15, 0.2) is 24.3 Å². The van der Waals surface area contributed by atoms with Crippen molar-refractivity contribution < 1.29 is 0 Å². The van der Waals surface area contributed by atoms with Crippen molar-refractivity contribution in [2.24, 2.45) is 0 Å². The number of benzene rings is 1. The number of nitrogens with zero attached hydrogens (tertiary/aromatic N) is 2. The molecule has 3 heteroatoms. The van der Waals surface area contributed by atoms with Crippen LogP contribution in [0.25, 0.3) is 10.9 Å². The molecule has 3 nitrogen and oxygen atoms in total. The molecule has 2 rings (SSSR count). The van der Waals surface area contributed by atoms with Crippen molar-refractivity contribution in [2.75, 3.05) is 5.32 Å². The van der Waals surface area contributed by atoms with E-state index in [1.165, 1.54) is 6.42 Å². The Bertz CT molecular complexity index is 508. The standard InChI is InChI=1S/C14H19N3.C2H6/c1-4-7-10(2)15-14-12-8-5-6-9-13(12)16-11(3)17-14;1-2/h5-6,8-10H,4,7H2,1-3H3,(H,15,16,17);1-2H3. The van der Waals surface area contributed by atoms with Crippen molar-refractivity contribution in [3.63, 3.8) is 0 Å². The second-order valence-electron chi connectivity index (χ2n) is 4.47. The van der Waals surface area contributed by atoms with Crippen molar-refractivity contribution in [1.29, 1.82) is 0 Å². The maximum Gasteiger partial charge on any atom is 0.137 e. The maximum atomic E-state index is 4.50. The lowest BCUT2D eigenvalue weighted by Crippen LogP contribution is -2.16. The van der Waals surface area contributed by atoms with E-state index in [1.54, 1.807) is 0 Å². The van der Waals surface area contributed by atoms with Crippen molar-refractivity contribution >= 4 is 16.7 Å². The summed E-state index contributed by atoms with van der Waals surface area (Å²) in [6.45, 7) is 10.3. The van der Waals surface area contributed by atoms with Crippen LogP contribution < -0.4 is 5.32 Å². The molecule has 0 fully saturated rings. The number of nitrogens with one attached hydrogen (secondary N) is 1. The van der Waals surface area contributed by atoms with Gasteiger partial charge in [-0.3, -0.25) is 0 Å². The second kappa shape index (κ2) is 7.72. The fourth-order valence-corrected chi connectivity index (χ4v) is 2.04. The molecule has 104 valence electrons. The van der Waals surface area contributed by atoms with Gasteiger partial charge in [-0.2, -0.15) is 0 Å². The average Bonchev–Trinajstić information content (AvgIpc) is 2.41. The van der Waals surface area contributed by atoms with Gasteiger partial charge in [-0.05, 0) is 32.4 Å². The van der Waals surface area contributed by atoms with Crippen LogP contribution in [0.2, 0.25) is 0 Å². The summed E-state index contributed by atoms with van der Waals surface area (Å²) in [5, 5.41) is 4.57. The first-order valence-corrected chi connectivity index (χ1v) is 7.20. The molecule has 1 heterocycles. The smallest absolute Gasteiger partial charge is 0.137 e. The predicted octanol–water partition coefficient (Wildman–Crippen LogP) is 4.56. The first-order chi connectivity index (χ1) is 9.20. The molecule has 0 spiro atoms. The fourth-order valence-electron chi connectivity index (χ4n) is 2.04. The van der Waals surface area contributed by atoms with E-state index in [0.717, 1.165) is 29.0 Å². The molecule has 1 aromatic carbocycles. The highest BCUT2D eigenvalue weighted by molar-refractivity contribution is 5.89. The Morgan fingerprint density at radius 3 is 2.53 bits per heavy atom. The highest BCUT2D eigenvalue weighted by Gasteiger charge is 2.07. The average molecular weight is 259 g/mol. The summed E-state index contributed by atoms with van der Waals surface area (Å²) in [4.78, 5) is 8.94. The van der Waals surface area contributed by atoms with E-state index in [2.05, 4.69) is 35.2 Å². The van der Waals surface area contributed by atoms with Gasteiger partial charge in [-0.1, -0.05) is 39.3 Å². The number of aryl methyl sites for hydroxylation is 1. The molecular weight excluding hydrogens is 234 g/mol. The molecule has 0 aliphatic rings. The number of anilines is 1. The van der Waals surface area contributed by atoms with E-state index < -0.39 is 0 Å². The van der Waals surface area contributed by atoms with Crippen LogP contribution in [0.5, 0.6) is 0 Å². The molecule has 1 unspecified atom stereocenters. The summed E-state index contributed by atoms with van der Waals surface area (Å²) < 4.78 is 0. The summed E-state index contributed by atoms with van der Waals surface area (Å²) >= 11 is 0. The lowest BCUT2D eigenvalue weighted by atomic mass is 10.2. The van der Waals surface area contributed by atoms with Crippen LogP contribution in [0, 0.1) is 6.92 Å². The molecule has 19 heavy (non-hydrogen) atoms. The number of rotatable bonds is 4. The molecule has 2 aromatic rings. The first kappa shape index (κ1) is 15.4. The SMILES string of the molecule is CC.CCCC(C)Nc1nc(C)nc2ccccc12. The third-order valence-corrected chi connectivity index (χ3v) is 2.82. The van der Waals surface area contributed by atoms with Crippen LogP contribution in [0.3, 0.4) is 0 Å². The Kier molecular flexibility index (Phi) is 6.26. The number of aromatic nitrogens is 2. The van der Waals surface area contributed by atoms with E-state index >= 15 is 0 Å². The van der Waals surface area contributed by atoms with Gasteiger partial charge in [-0.15, -0.1) is 0 Å². The Hall–Kier alpha value is -1.64. The molecule has 0 saturated heterocycles. The van der Waals surface area contributed by atoms with Gasteiger partial charge in [0.25, 0.3) is 0 Å². The third-order valence-electron chi connectivity index (χ3n) is 2.82. The van der Waals surface area contributed by atoms with Gasteiger partial charge in [0.05, 0.1) is 5.52 Å². The number of para-hydroxylation sites is 1. The third kappa shape index (κ3) is 4.19. The van der Waals surface area contributed by atoms with Crippen LogP contribution in [0.1, 0.15) is 46.4 Å². The normalized spacial score (nSPS) is 11.6. The van der Waals surface area contributed by atoms with Crippen molar-refractivity contribution in [3.05, 3.63) is 30.1 Å². The zero-order chi connectivity index (χ0) is 14.3. The minimum atomic E-state index is 0.442. The minimum Gasteiger partial charge on any atom is -0.367 e. The zero-order valence-electron chi connectivity index (χ0n) is 12.7. The lowest BCUT2D eigenvalue weighted by Gasteiger charge is -2.15. The number of hydrogen-bond acceptors (Lipinski definition) is 3. The second-order valence-corrected chi connectivity index (χ2v) is 4.47. The molecule has 0 amide bonds. The molecule has 0 radical (unpaired) electrons. The minimum absolute atomic E-state index is 0.442. The summed E-state index contributed by atoms with van der Waals surface area (Å²) in [7, 11) is 0. The molecule has 1 N–H and O–H groups in total. The molecule has 0 aliphatic heterocycles. The Morgan fingerprint density at radius 1 is 1.16 bits per heavy atom. The summed E-state index contributed by atoms with van der Waals surface area (Å²) in [5.74, 6) is 1.77. The zero-order valence-corrected chi connectivity index (χ0v) is 12.7. The van der Waals surface area contributed by atoms with Crippen LogP contribution in [-0.2, 0) is 0 Å². The highest BCUT2D eigenvalue weighted by atomic mass is 15.0. The van der Waals surface area contributed by atoms with Gasteiger partial charge >= 0.3 is 0 Å². The molecule has 0 aliphatic carbocycles. The van der Waals surface area contributed by atoms with E-state index in [4.69, 9.17) is 0 Å². The molecular formula is C16H25N3. The number of hydrogen-bond donors (Lipinski definition) is 1. The lowest BCUT2D eigenvalue weighted by molar-refractivity contribution is 0.688. The summed E-state index contributed by atoms with van der Waals surface area (Å²) in [6, 6.07) is 8.57. The molecule has 1 aromatic heterocycles. The van der Waals surface area contributed by atoms with Gasteiger partial charge in [0.2, 0.25) is 0 Å². The molecule has 1 atom stereocenters. The van der Waals surface area contributed by atoms with Crippen LogP contribution >= 0.6 is 0 Å². The van der Waals surface area contributed by atoms with Crippen LogP contribution in [0.4, 0.5) is 5.82 Å². The van der Waals surface area contributed by atoms with Crippen molar-refractivity contribution in [2.45, 2.75) is 53.5 Å². The Labute approximate surface area is 116 Å². The fraction of sp³-hybridized carbons (Fsp3) is 0.500. The van der Waals surface area contributed by atoms with E-state index in [0.29, 0.717) is 6.04 Å². The molecule has 0 saturated carbocycles. The number of fused-ring (bicyclic) bond motifs is 1. The monoisotopic (exact) mass is 259 g/mol. The summed E-state index contributed by atoms with van der Waals surface area (Å²) in [6.07, 6.45) is 2.33. The first-order valence-electron chi connectivity index (χ1n) is 7.20. The quantitative estimate of drug-likeness (QED) is 0.874. The highest BCUT2D eigenvalue weighted by Crippen LogP contribution is 2.21. The maximum absolute atomic E-state index is 4.50. The van der Waals surface area contributed by atoms with E-state index in [1.807, 2.05) is 39.0 Å². The van der Waals surface area contributed by atoms with Gasteiger partial charge in [-0.25, -0.2) is 9.97 Å². The van der Waals surface area contributed by atoms with Gasteiger partial charge in [0.15, 0.2) is 0 Å². The van der Waals surface area contributed by atoms with E-state index in [9.17, 15) is 0 Å². The van der Waals surface area contributed by atoms with Gasteiger partial charge < -0.3 is 5.32 Å². The Morgan fingerprint density at radius 2 is 1.84 bits per heavy atom. The van der Waals surface area contributed by atoms with Crippen molar-refractivity contribution in [1.82, 2.24) is 9.97 Å². The predicted molar refractivity (Wildman–Crippen MR) is 83.6 cm³/mol. The van der Waals surface area contributed by atoms with Crippen molar-refractivity contribution in [3.8, 4) is 0 Å². The van der Waals surface area contributed by atoms with Gasteiger partial charge in [0.1, 0.15) is 11.6 Å². The topological polar surface area (TPSA) is 37.8 Å². The molecule has 0 bridgehead atoms. The summed E-state index contributed by atoms with van der Waals surface area (Å²) in [5.41, 5.74) is 1.01.